The Bertz CT molecular complexity index is 1570. The van der Waals surface area contributed by atoms with E-state index < -0.39 is 0 Å². The Balaban J connectivity index is 1.58. The Labute approximate surface area is 191 Å². The van der Waals surface area contributed by atoms with Crippen LogP contribution in [0.3, 0.4) is 0 Å². The summed E-state index contributed by atoms with van der Waals surface area (Å²) >= 11 is 0. The first kappa shape index (κ1) is 20.8. The summed E-state index contributed by atoms with van der Waals surface area (Å²) in [5.74, 6) is 1.40. The van der Waals surface area contributed by atoms with Gasteiger partial charge in [0.05, 0.1) is 22.3 Å². The van der Waals surface area contributed by atoms with Gasteiger partial charge in [0, 0.05) is 24.0 Å². The van der Waals surface area contributed by atoms with Crippen molar-refractivity contribution in [2.24, 2.45) is 0 Å². The van der Waals surface area contributed by atoms with Crippen LogP contribution < -0.4 is 0 Å². The lowest BCUT2D eigenvalue weighted by molar-refractivity contribution is 0.104. The summed E-state index contributed by atoms with van der Waals surface area (Å²) in [7, 11) is 0. The lowest BCUT2D eigenvalue weighted by Gasteiger charge is -2.04. The number of aromatic nitrogens is 5. The number of nitrogens with zero attached hydrogens (tertiary/aromatic N) is 5. The highest BCUT2D eigenvalue weighted by atomic mass is 16.5. The number of imidazole rings is 1. The third-order valence-electron chi connectivity index (χ3n) is 5.98. The molecule has 0 N–H and O–H groups in total. The van der Waals surface area contributed by atoms with Gasteiger partial charge in [0.15, 0.2) is 11.6 Å². The van der Waals surface area contributed by atoms with Crippen LogP contribution in [0.5, 0.6) is 0 Å². The van der Waals surface area contributed by atoms with Gasteiger partial charge in [0.2, 0.25) is 0 Å². The zero-order valence-corrected chi connectivity index (χ0v) is 19.2. The van der Waals surface area contributed by atoms with E-state index in [9.17, 15) is 4.79 Å². The predicted octanol–water partition coefficient (Wildman–Crippen LogP) is 5.38. The van der Waals surface area contributed by atoms with Gasteiger partial charge < -0.3 is 9.09 Å². The molecular formula is C26H25N5O2. The molecular weight excluding hydrogens is 414 g/mol. The number of allylic oxidation sites excluding steroid dienone is 2. The minimum Gasteiger partial charge on any atom is -0.360 e. The minimum atomic E-state index is -0.0855. The first-order chi connectivity index (χ1) is 15.9. The van der Waals surface area contributed by atoms with Gasteiger partial charge in [-0.2, -0.15) is 5.10 Å². The lowest BCUT2D eigenvalue weighted by Crippen LogP contribution is -2.02. The van der Waals surface area contributed by atoms with E-state index >= 15 is 0 Å². The molecule has 166 valence electrons. The maximum atomic E-state index is 13.4. The summed E-state index contributed by atoms with van der Waals surface area (Å²) in [6, 6.07) is 11.9. The second kappa shape index (κ2) is 7.78. The quantitative estimate of drug-likeness (QED) is 0.202. The summed E-state index contributed by atoms with van der Waals surface area (Å²) in [5, 5.41) is 8.81. The standard InChI is InChI=1S/C26H25N5O2/c1-6-13-29-21-9-7-8-10-22(21)31-26(29)25(18(4)27-31)23(32)12-11-20-14-16(2)30(19(20)5)24-15-17(3)33-28-24/h6-12,14-15H,1,13H2,2-5H3/b12-11+. The number of aryl methyl sites for hydroxylation is 3. The highest BCUT2D eigenvalue weighted by Crippen LogP contribution is 2.27. The van der Waals surface area contributed by atoms with Gasteiger partial charge in [-0.25, -0.2) is 4.52 Å². The number of ketones is 1. The second-order valence-corrected chi connectivity index (χ2v) is 8.24. The fourth-order valence-corrected chi connectivity index (χ4v) is 4.54. The first-order valence-corrected chi connectivity index (χ1v) is 10.8. The molecule has 0 atom stereocenters. The molecule has 1 aromatic carbocycles. The average Bonchev–Trinajstić information content (AvgIpc) is 3.50. The Morgan fingerprint density at radius 3 is 2.58 bits per heavy atom. The van der Waals surface area contributed by atoms with Gasteiger partial charge >= 0.3 is 0 Å². The molecule has 5 aromatic rings. The predicted molar refractivity (Wildman–Crippen MR) is 129 cm³/mol. The van der Waals surface area contributed by atoms with Crippen LogP contribution in [0.4, 0.5) is 0 Å². The molecule has 4 aromatic heterocycles. The summed E-state index contributed by atoms with van der Waals surface area (Å²) in [4.78, 5) is 13.4. The van der Waals surface area contributed by atoms with E-state index in [0.29, 0.717) is 17.8 Å². The topological polar surface area (TPSA) is 70.3 Å². The van der Waals surface area contributed by atoms with Crippen molar-refractivity contribution in [2.75, 3.05) is 0 Å². The van der Waals surface area contributed by atoms with Crippen LogP contribution in [-0.4, -0.2) is 29.7 Å². The minimum absolute atomic E-state index is 0.0855. The number of rotatable bonds is 6. The molecule has 0 saturated carbocycles. The number of para-hydroxylation sites is 2. The van der Waals surface area contributed by atoms with Crippen LogP contribution in [0.1, 0.15) is 38.8 Å². The molecule has 33 heavy (non-hydrogen) atoms. The Morgan fingerprint density at radius 1 is 1.12 bits per heavy atom. The fraction of sp³-hybridized carbons (Fsp3) is 0.192. The van der Waals surface area contributed by atoms with Crippen molar-refractivity contribution in [3.63, 3.8) is 0 Å². The van der Waals surface area contributed by atoms with Crippen LogP contribution in [0, 0.1) is 27.7 Å². The lowest BCUT2D eigenvalue weighted by atomic mass is 10.1. The summed E-state index contributed by atoms with van der Waals surface area (Å²) in [6.45, 7) is 12.2. The van der Waals surface area contributed by atoms with E-state index in [2.05, 4.69) is 21.4 Å². The molecule has 0 fully saturated rings. The molecule has 7 nitrogen and oxygen atoms in total. The van der Waals surface area contributed by atoms with Gasteiger partial charge in [-0.1, -0.05) is 23.4 Å². The van der Waals surface area contributed by atoms with E-state index in [1.807, 2.05) is 85.3 Å². The molecule has 0 spiro atoms. The van der Waals surface area contributed by atoms with Gasteiger partial charge in [0.25, 0.3) is 0 Å². The van der Waals surface area contributed by atoms with E-state index in [4.69, 9.17) is 4.52 Å². The van der Waals surface area contributed by atoms with Crippen molar-refractivity contribution in [2.45, 2.75) is 34.2 Å². The second-order valence-electron chi connectivity index (χ2n) is 8.24. The highest BCUT2D eigenvalue weighted by molar-refractivity contribution is 6.12. The number of fused-ring (bicyclic) bond motifs is 3. The third kappa shape index (κ3) is 3.24. The molecule has 7 heteroatoms. The zero-order chi connectivity index (χ0) is 23.3. The van der Waals surface area contributed by atoms with Crippen molar-refractivity contribution < 1.29 is 9.32 Å². The molecule has 0 aliphatic rings. The van der Waals surface area contributed by atoms with E-state index in [-0.39, 0.29) is 5.78 Å². The summed E-state index contributed by atoms with van der Waals surface area (Å²) in [6.07, 6.45) is 5.32. The first-order valence-electron chi connectivity index (χ1n) is 10.8. The molecule has 4 heterocycles. The molecule has 0 aliphatic heterocycles. The van der Waals surface area contributed by atoms with Crippen molar-refractivity contribution in [3.8, 4) is 5.82 Å². The average molecular weight is 440 g/mol. The Kier molecular flexibility index (Phi) is 4.89. The molecule has 0 radical (unpaired) electrons. The highest BCUT2D eigenvalue weighted by Gasteiger charge is 2.22. The van der Waals surface area contributed by atoms with Crippen LogP contribution >= 0.6 is 0 Å². The molecule has 0 aliphatic carbocycles. The van der Waals surface area contributed by atoms with Crippen molar-refractivity contribution in [1.29, 1.82) is 0 Å². The fourth-order valence-electron chi connectivity index (χ4n) is 4.54. The number of carbonyl (C=O) groups is 1. The number of benzene rings is 1. The SMILES string of the molecule is C=CCn1c2ccccc2n2nc(C)c(C(=O)/C=C/c3cc(C)n(-c4cc(C)on4)c3C)c12. The molecule has 0 amide bonds. The van der Waals surface area contributed by atoms with Gasteiger partial charge in [-0.05, 0) is 63.6 Å². The smallest absolute Gasteiger partial charge is 0.191 e. The Hall–Kier alpha value is -4.13. The summed E-state index contributed by atoms with van der Waals surface area (Å²) in [5.41, 5.74) is 7.03. The monoisotopic (exact) mass is 439 g/mol. The summed E-state index contributed by atoms with van der Waals surface area (Å²) < 4.78 is 11.2. The van der Waals surface area contributed by atoms with Crippen LogP contribution in [0.15, 0.2) is 59.7 Å². The van der Waals surface area contributed by atoms with E-state index in [0.717, 1.165) is 45.2 Å². The van der Waals surface area contributed by atoms with Gasteiger partial charge in [0.1, 0.15) is 11.4 Å². The maximum absolute atomic E-state index is 13.4. The zero-order valence-electron chi connectivity index (χ0n) is 19.2. The van der Waals surface area contributed by atoms with Gasteiger partial charge in [-0.15, -0.1) is 6.58 Å². The molecule has 0 bridgehead atoms. The van der Waals surface area contributed by atoms with Crippen molar-refractivity contribution in [3.05, 3.63) is 89.1 Å². The van der Waals surface area contributed by atoms with Crippen LogP contribution in [-0.2, 0) is 6.54 Å². The normalized spacial score (nSPS) is 11.9. The number of hydrogen-bond donors (Lipinski definition) is 0. The van der Waals surface area contributed by atoms with Crippen molar-refractivity contribution in [1.82, 2.24) is 23.9 Å². The maximum Gasteiger partial charge on any atom is 0.191 e. The van der Waals surface area contributed by atoms with Crippen LogP contribution in [0.2, 0.25) is 0 Å². The van der Waals surface area contributed by atoms with Gasteiger partial charge in [-0.3, -0.25) is 9.36 Å². The molecule has 0 unspecified atom stereocenters. The number of carbonyl (C=O) groups excluding carboxylic acids is 1. The Morgan fingerprint density at radius 2 is 1.88 bits per heavy atom. The molecule has 5 rings (SSSR count). The molecule has 0 saturated heterocycles. The van der Waals surface area contributed by atoms with Crippen LogP contribution in [0.25, 0.3) is 28.6 Å². The third-order valence-corrected chi connectivity index (χ3v) is 5.98. The number of hydrogen-bond acceptors (Lipinski definition) is 4. The van der Waals surface area contributed by atoms with E-state index in [1.54, 1.807) is 6.08 Å². The van der Waals surface area contributed by atoms with Crippen molar-refractivity contribution >= 4 is 28.5 Å². The van der Waals surface area contributed by atoms with E-state index in [1.165, 1.54) is 0 Å². The largest absolute Gasteiger partial charge is 0.360 e.